The number of aromatic nitrogens is 1. The number of hydrogen-bond donors (Lipinski definition) is 2. The molecule has 1 heterocycles. The molecule has 0 bridgehead atoms. The number of nitrogens with zero attached hydrogens (tertiary/aromatic N) is 1. The van der Waals surface area contributed by atoms with Crippen molar-refractivity contribution >= 4 is 17.3 Å². The summed E-state index contributed by atoms with van der Waals surface area (Å²) in [5.74, 6) is -0.0577. The Morgan fingerprint density at radius 1 is 1.25 bits per heavy atom. The quantitative estimate of drug-likeness (QED) is 0.648. The number of nitrogens with two attached hydrogens (primary N) is 2. The third-order valence-electron chi connectivity index (χ3n) is 2.64. The first-order chi connectivity index (χ1) is 9.60. The molecule has 0 unspecified atom stereocenters. The molecule has 6 heteroatoms. The summed E-state index contributed by atoms with van der Waals surface area (Å²) < 4.78 is 10.1. The van der Waals surface area contributed by atoms with E-state index in [2.05, 4.69) is 4.98 Å². The molecule has 2 aromatic rings. The van der Waals surface area contributed by atoms with E-state index in [1.807, 2.05) is 0 Å². The number of ether oxygens (including phenoxy) is 2. The highest BCUT2D eigenvalue weighted by Crippen LogP contribution is 2.17. The second kappa shape index (κ2) is 5.92. The van der Waals surface area contributed by atoms with Gasteiger partial charge in [0, 0.05) is 17.4 Å². The predicted molar refractivity (Wildman–Crippen MR) is 75.2 cm³/mol. The van der Waals surface area contributed by atoms with Crippen LogP contribution in [0.3, 0.4) is 0 Å². The van der Waals surface area contributed by atoms with Gasteiger partial charge in [0.05, 0.1) is 18.4 Å². The van der Waals surface area contributed by atoms with Gasteiger partial charge in [0.1, 0.15) is 6.61 Å². The topological polar surface area (TPSA) is 100 Å². The van der Waals surface area contributed by atoms with E-state index in [0.717, 1.165) is 0 Å². The monoisotopic (exact) mass is 273 g/mol. The number of esters is 1. The van der Waals surface area contributed by atoms with Crippen LogP contribution in [0.2, 0.25) is 0 Å². The largest absolute Gasteiger partial charge is 0.481 e. The number of anilines is 2. The van der Waals surface area contributed by atoms with E-state index in [1.165, 1.54) is 19.2 Å². The molecule has 0 aliphatic heterocycles. The van der Waals surface area contributed by atoms with Crippen LogP contribution in [0, 0.1) is 0 Å². The van der Waals surface area contributed by atoms with Crippen LogP contribution in [-0.2, 0) is 11.3 Å². The summed E-state index contributed by atoms with van der Waals surface area (Å²) in [5, 5.41) is 0. The van der Waals surface area contributed by atoms with Crippen LogP contribution in [0.1, 0.15) is 16.1 Å². The van der Waals surface area contributed by atoms with Crippen molar-refractivity contribution in [1.82, 2.24) is 4.98 Å². The molecule has 1 aromatic heterocycles. The van der Waals surface area contributed by atoms with Crippen molar-refractivity contribution in [3.05, 3.63) is 47.7 Å². The van der Waals surface area contributed by atoms with Crippen LogP contribution >= 0.6 is 0 Å². The van der Waals surface area contributed by atoms with Gasteiger partial charge >= 0.3 is 5.97 Å². The summed E-state index contributed by atoms with van der Waals surface area (Å²) in [6, 6.07) is 9.86. The summed E-state index contributed by atoms with van der Waals surface area (Å²) in [6.45, 7) is 0.0415. The van der Waals surface area contributed by atoms with E-state index < -0.39 is 5.97 Å². The average molecular weight is 273 g/mol. The Kier molecular flexibility index (Phi) is 4.05. The zero-order chi connectivity index (χ0) is 14.5. The Balaban J connectivity index is 2.04. The first-order valence-electron chi connectivity index (χ1n) is 5.92. The third kappa shape index (κ3) is 3.17. The van der Waals surface area contributed by atoms with E-state index in [-0.39, 0.29) is 17.9 Å². The lowest BCUT2D eigenvalue weighted by molar-refractivity contribution is 0.0468. The molecule has 1 aromatic carbocycles. The van der Waals surface area contributed by atoms with Crippen LogP contribution in [0.25, 0.3) is 0 Å². The summed E-state index contributed by atoms with van der Waals surface area (Å²) in [5.41, 5.74) is 12.9. The second-order valence-corrected chi connectivity index (χ2v) is 4.09. The van der Waals surface area contributed by atoms with Crippen LogP contribution in [-0.4, -0.2) is 18.1 Å². The fraction of sp³-hybridized carbons (Fsp3) is 0.143. The molecular weight excluding hydrogens is 258 g/mol. The minimum absolute atomic E-state index is 0.0415. The number of pyridine rings is 1. The fourth-order valence-electron chi connectivity index (χ4n) is 1.64. The van der Waals surface area contributed by atoms with Gasteiger partial charge in [-0.25, -0.2) is 9.78 Å². The molecule has 0 radical (unpaired) electrons. The maximum atomic E-state index is 11.9. The fourth-order valence-corrected chi connectivity index (χ4v) is 1.64. The molecule has 0 spiro atoms. The third-order valence-corrected chi connectivity index (χ3v) is 2.64. The second-order valence-electron chi connectivity index (χ2n) is 4.09. The number of carbonyl (C=O) groups is 1. The minimum Gasteiger partial charge on any atom is -0.481 e. The highest BCUT2D eigenvalue weighted by atomic mass is 16.5. The summed E-state index contributed by atoms with van der Waals surface area (Å²) in [6.07, 6.45) is 0. The van der Waals surface area contributed by atoms with Gasteiger partial charge in [-0.05, 0) is 24.3 Å². The van der Waals surface area contributed by atoms with Gasteiger partial charge in [0.2, 0.25) is 5.88 Å². The predicted octanol–water partition coefficient (Wildman–Crippen LogP) is 1.61. The van der Waals surface area contributed by atoms with Crippen molar-refractivity contribution in [3.8, 4) is 5.88 Å². The average Bonchev–Trinajstić information content (AvgIpc) is 2.45. The van der Waals surface area contributed by atoms with Crippen molar-refractivity contribution < 1.29 is 14.3 Å². The number of rotatable bonds is 4. The maximum absolute atomic E-state index is 11.9. The molecule has 0 saturated heterocycles. The van der Waals surface area contributed by atoms with Crippen LogP contribution in [0.5, 0.6) is 5.88 Å². The van der Waals surface area contributed by atoms with E-state index in [4.69, 9.17) is 20.9 Å². The summed E-state index contributed by atoms with van der Waals surface area (Å²) >= 11 is 0. The molecule has 0 fully saturated rings. The van der Waals surface area contributed by atoms with Crippen LogP contribution in [0.15, 0.2) is 36.4 Å². The zero-order valence-corrected chi connectivity index (χ0v) is 11.0. The van der Waals surface area contributed by atoms with Crippen LogP contribution in [0.4, 0.5) is 11.4 Å². The molecule has 0 saturated carbocycles. The maximum Gasteiger partial charge on any atom is 0.340 e. The van der Waals surface area contributed by atoms with Crippen molar-refractivity contribution in [3.63, 3.8) is 0 Å². The Morgan fingerprint density at radius 3 is 2.75 bits per heavy atom. The van der Waals surface area contributed by atoms with Crippen LogP contribution < -0.4 is 16.2 Å². The molecule has 4 N–H and O–H groups in total. The lowest BCUT2D eigenvalue weighted by Gasteiger charge is -2.08. The summed E-state index contributed by atoms with van der Waals surface area (Å²) in [4.78, 5) is 16.0. The van der Waals surface area contributed by atoms with Gasteiger partial charge in [0.15, 0.2) is 0 Å². The Labute approximate surface area is 116 Å². The SMILES string of the molecule is COc1cccc(COC(=O)c2ccc(N)cc2N)n1. The Bertz CT molecular complexity index is 629. The van der Waals surface area contributed by atoms with E-state index in [1.54, 1.807) is 24.3 Å². The van der Waals surface area contributed by atoms with Gasteiger partial charge in [-0.3, -0.25) is 0 Å². The summed E-state index contributed by atoms with van der Waals surface area (Å²) in [7, 11) is 1.52. The number of nitrogen functional groups attached to an aromatic ring is 2. The smallest absolute Gasteiger partial charge is 0.340 e. The number of benzene rings is 1. The molecule has 0 atom stereocenters. The van der Waals surface area contributed by atoms with Gasteiger partial charge in [-0.1, -0.05) is 6.07 Å². The van der Waals surface area contributed by atoms with E-state index in [9.17, 15) is 4.79 Å². The molecule has 0 aliphatic carbocycles. The molecular formula is C14H15N3O3. The number of methoxy groups -OCH3 is 1. The Hall–Kier alpha value is -2.76. The van der Waals surface area contributed by atoms with E-state index >= 15 is 0 Å². The van der Waals surface area contributed by atoms with Crippen molar-refractivity contribution in [2.45, 2.75) is 6.61 Å². The highest BCUT2D eigenvalue weighted by Gasteiger charge is 2.12. The first kappa shape index (κ1) is 13.7. The molecule has 0 amide bonds. The molecule has 6 nitrogen and oxygen atoms in total. The first-order valence-corrected chi connectivity index (χ1v) is 5.92. The standard InChI is InChI=1S/C14H15N3O3/c1-19-13-4-2-3-10(17-13)8-20-14(18)11-6-5-9(15)7-12(11)16/h2-7H,8,15-16H2,1H3. The van der Waals surface area contributed by atoms with Gasteiger partial charge in [-0.2, -0.15) is 0 Å². The Morgan fingerprint density at radius 2 is 2.05 bits per heavy atom. The normalized spacial score (nSPS) is 10.1. The van der Waals surface area contributed by atoms with Crippen molar-refractivity contribution in [2.75, 3.05) is 18.6 Å². The molecule has 2 rings (SSSR count). The molecule has 104 valence electrons. The van der Waals surface area contributed by atoms with Crippen molar-refractivity contribution in [1.29, 1.82) is 0 Å². The van der Waals surface area contributed by atoms with Gasteiger partial charge < -0.3 is 20.9 Å². The lowest BCUT2D eigenvalue weighted by Crippen LogP contribution is -2.09. The zero-order valence-electron chi connectivity index (χ0n) is 11.0. The minimum atomic E-state index is -0.521. The van der Waals surface area contributed by atoms with Crippen molar-refractivity contribution in [2.24, 2.45) is 0 Å². The van der Waals surface area contributed by atoms with E-state index in [0.29, 0.717) is 17.3 Å². The molecule has 0 aliphatic rings. The molecule has 20 heavy (non-hydrogen) atoms. The van der Waals surface area contributed by atoms with Gasteiger partial charge in [0.25, 0.3) is 0 Å². The number of carbonyl (C=O) groups excluding carboxylic acids is 1. The lowest BCUT2D eigenvalue weighted by atomic mass is 10.1. The van der Waals surface area contributed by atoms with Gasteiger partial charge in [-0.15, -0.1) is 0 Å². The number of hydrogen-bond acceptors (Lipinski definition) is 6. The highest BCUT2D eigenvalue weighted by molar-refractivity contribution is 5.95.